The maximum absolute atomic E-state index is 13.6. The van der Waals surface area contributed by atoms with Crippen LogP contribution in [0.25, 0.3) is 10.8 Å². The summed E-state index contributed by atoms with van der Waals surface area (Å²) in [6.07, 6.45) is 1.19. The van der Waals surface area contributed by atoms with E-state index in [1.54, 1.807) is 0 Å². The zero-order valence-electron chi connectivity index (χ0n) is 18.6. The lowest BCUT2D eigenvalue weighted by Crippen LogP contribution is -2.40. The maximum atomic E-state index is 13.6. The van der Waals surface area contributed by atoms with Gasteiger partial charge in [0.1, 0.15) is 15.1 Å². The predicted molar refractivity (Wildman–Crippen MR) is 145 cm³/mol. The Morgan fingerprint density at radius 1 is 0.818 bits per heavy atom. The van der Waals surface area contributed by atoms with Crippen molar-refractivity contribution in [1.82, 2.24) is 4.72 Å². The number of hydrogen-bond acceptors (Lipinski definition) is 3. The van der Waals surface area contributed by atoms with Gasteiger partial charge in [-0.3, -0.25) is 0 Å². The minimum absolute atomic E-state index is 0.123. The molecule has 1 saturated heterocycles. The number of hydrogen-bond donors (Lipinski definition) is 1. The highest BCUT2D eigenvalue weighted by Crippen LogP contribution is 2.57. The highest BCUT2D eigenvalue weighted by Gasteiger charge is 2.45. The first kappa shape index (κ1) is 22.7. The van der Waals surface area contributed by atoms with E-state index in [0.717, 1.165) is 16.4 Å². The Hall–Kier alpha value is -2.05. The first-order valence-corrected chi connectivity index (χ1v) is 14.3. The predicted octanol–water partition coefficient (Wildman–Crippen LogP) is 7.22. The number of benzene rings is 4. The van der Waals surface area contributed by atoms with Crippen LogP contribution in [-0.2, 0) is 15.1 Å². The van der Waals surface area contributed by atoms with Crippen molar-refractivity contribution in [3.63, 3.8) is 0 Å². The molecular formula is C28H27NOS3. The molecule has 1 N–H and O–H groups in total. The van der Waals surface area contributed by atoms with Crippen LogP contribution in [0.4, 0.5) is 0 Å². The molecule has 5 heteroatoms. The third-order valence-electron chi connectivity index (χ3n) is 6.04. The second-order valence-corrected chi connectivity index (χ2v) is 12.5. The van der Waals surface area contributed by atoms with Crippen LogP contribution < -0.4 is 4.72 Å². The monoisotopic (exact) mass is 489 g/mol. The Morgan fingerprint density at radius 3 is 2.21 bits per heavy atom. The summed E-state index contributed by atoms with van der Waals surface area (Å²) in [6.45, 7) is 2.05. The van der Waals surface area contributed by atoms with Gasteiger partial charge in [-0.25, -0.2) is 8.93 Å². The van der Waals surface area contributed by atoms with Gasteiger partial charge in [0.15, 0.2) is 0 Å². The van der Waals surface area contributed by atoms with Crippen LogP contribution in [0.3, 0.4) is 0 Å². The maximum Gasteiger partial charge on any atom is 0.125 e. The summed E-state index contributed by atoms with van der Waals surface area (Å²) in [5, 5.41) is 2.43. The van der Waals surface area contributed by atoms with E-state index in [2.05, 4.69) is 84.4 Å². The lowest BCUT2D eigenvalue weighted by molar-refractivity contribution is 0.589. The third kappa shape index (κ3) is 4.78. The summed E-state index contributed by atoms with van der Waals surface area (Å²) >= 11 is 3.96. The van der Waals surface area contributed by atoms with Crippen molar-refractivity contribution in [3.8, 4) is 0 Å². The molecule has 33 heavy (non-hydrogen) atoms. The molecule has 1 unspecified atom stereocenters. The molecule has 0 aromatic heterocycles. The topological polar surface area (TPSA) is 29.1 Å². The van der Waals surface area contributed by atoms with Gasteiger partial charge in [-0.05, 0) is 64.9 Å². The number of aryl methyl sites for hydroxylation is 1. The molecular weight excluding hydrogens is 463 g/mol. The summed E-state index contributed by atoms with van der Waals surface area (Å²) in [4.78, 5) is 0.806. The molecule has 1 aliphatic heterocycles. The Morgan fingerprint density at radius 2 is 1.48 bits per heavy atom. The minimum Gasteiger partial charge on any atom is -0.237 e. The van der Waals surface area contributed by atoms with E-state index in [-0.39, 0.29) is 10.1 Å². The third-order valence-corrected chi connectivity index (χ3v) is 10.7. The molecule has 0 bridgehead atoms. The van der Waals surface area contributed by atoms with Crippen molar-refractivity contribution in [2.45, 2.75) is 28.4 Å². The van der Waals surface area contributed by atoms with Crippen LogP contribution in [-0.4, -0.2) is 15.7 Å². The van der Waals surface area contributed by atoms with Gasteiger partial charge >= 0.3 is 0 Å². The van der Waals surface area contributed by atoms with Gasteiger partial charge in [-0.2, -0.15) is 0 Å². The molecule has 4 aromatic carbocycles. The van der Waals surface area contributed by atoms with Gasteiger partial charge < -0.3 is 0 Å². The summed E-state index contributed by atoms with van der Waals surface area (Å²) in [5.74, 6) is 2.18. The highest BCUT2D eigenvalue weighted by atomic mass is 32.2. The lowest BCUT2D eigenvalue weighted by Gasteiger charge is -2.43. The number of nitrogens with one attached hydrogen (secondary N) is 1. The first-order chi connectivity index (χ1) is 16.2. The highest BCUT2D eigenvalue weighted by molar-refractivity contribution is 8.18. The molecule has 0 aliphatic carbocycles. The average molecular weight is 490 g/mol. The molecule has 5 rings (SSSR count). The first-order valence-electron chi connectivity index (χ1n) is 11.2. The molecule has 0 spiro atoms. The van der Waals surface area contributed by atoms with Crippen molar-refractivity contribution in [3.05, 3.63) is 114 Å². The Labute approximate surface area is 207 Å². The van der Waals surface area contributed by atoms with Gasteiger partial charge in [0.25, 0.3) is 0 Å². The smallest absolute Gasteiger partial charge is 0.125 e. The van der Waals surface area contributed by atoms with Crippen molar-refractivity contribution in [2.75, 3.05) is 11.5 Å². The van der Waals surface area contributed by atoms with Gasteiger partial charge in [0.05, 0.1) is 10.9 Å². The van der Waals surface area contributed by atoms with E-state index in [9.17, 15) is 4.21 Å². The van der Waals surface area contributed by atoms with Crippen LogP contribution in [0.15, 0.2) is 102 Å². The van der Waals surface area contributed by atoms with Crippen molar-refractivity contribution >= 4 is 45.3 Å². The molecule has 1 heterocycles. The largest absolute Gasteiger partial charge is 0.237 e. The summed E-state index contributed by atoms with van der Waals surface area (Å²) in [7, 11) is -1.33. The molecule has 1 fully saturated rings. The van der Waals surface area contributed by atoms with Crippen molar-refractivity contribution < 1.29 is 4.21 Å². The Bertz CT molecular complexity index is 1250. The fourth-order valence-corrected chi connectivity index (χ4v) is 9.03. The quantitative estimate of drug-likeness (QED) is 0.310. The number of thioether (sulfide) groups is 2. The fourth-order valence-electron chi connectivity index (χ4n) is 4.31. The van der Waals surface area contributed by atoms with E-state index < -0.39 is 11.0 Å². The molecule has 2 atom stereocenters. The van der Waals surface area contributed by atoms with Crippen molar-refractivity contribution in [2.24, 2.45) is 0 Å². The Balaban J connectivity index is 1.63. The molecule has 1 aliphatic rings. The summed E-state index contributed by atoms with van der Waals surface area (Å²) < 4.78 is 16.9. The minimum atomic E-state index is -1.33. The second-order valence-electron chi connectivity index (χ2n) is 8.32. The molecule has 0 saturated carbocycles. The van der Waals surface area contributed by atoms with Crippen LogP contribution in [0, 0.1) is 6.92 Å². The Kier molecular flexibility index (Phi) is 6.93. The van der Waals surface area contributed by atoms with Gasteiger partial charge in [-0.15, -0.1) is 23.5 Å². The van der Waals surface area contributed by atoms with Crippen LogP contribution >= 0.6 is 23.5 Å². The standard InChI is InChI=1S/C28H27NOS3/c1-21-12-16-26(17-13-21)33(30)29-27(24-15-14-22-8-5-6-9-23(22)20-24)28(31-18-7-19-32-28)25-10-3-2-4-11-25/h2-6,8-17,20,27,29H,7,18-19H2,1H3/t27-,33?/m0/s1. The molecule has 0 radical (unpaired) electrons. The van der Waals surface area contributed by atoms with Gasteiger partial charge in [0, 0.05) is 0 Å². The number of rotatable bonds is 6. The zero-order chi connectivity index (χ0) is 22.7. The summed E-state index contributed by atoms with van der Waals surface area (Å²) in [6, 6.07) is 33.7. The van der Waals surface area contributed by atoms with Gasteiger partial charge in [0.2, 0.25) is 0 Å². The van der Waals surface area contributed by atoms with E-state index in [1.165, 1.54) is 33.9 Å². The van der Waals surface area contributed by atoms with Crippen LogP contribution in [0.5, 0.6) is 0 Å². The zero-order valence-corrected chi connectivity index (χ0v) is 21.0. The van der Waals surface area contributed by atoms with Crippen LogP contribution in [0.2, 0.25) is 0 Å². The molecule has 0 amide bonds. The fraction of sp³-hybridized carbons (Fsp3) is 0.214. The van der Waals surface area contributed by atoms with E-state index >= 15 is 0 Å². The van der Waals surface area contributed by atoms with E-state index in [1.807, 2.05) is 47.8 Å². The SMILES string of the molecule is Cc1ccc(S(=O)N[C@@H](c2ccc3ccccc3c2)C2(c3ccccc3)SCCCS2)cc1. The molecule has 4 aromatic rings. The molecule has 168 valence electrons. The van der Waals surface area contributed by atoms with Crippen molar-refractivity contribution in [1.29, 1.82) is 0 Å². The second kappa shape index (κ2) is 10.1. The van der Waals surface area contributed by atoms with E-state index in [4.69, 9.17) is 0 Å². The van der Waals surface area contributed by atoms with E-state index in [0.29, 0.717) is 0 Å². The summed E-state index contributed by atoms with van der Waals surface area (Å²) in [5.41, 5.74) is 3.60. The lowest BCUT2D eigenvalue weighted by atomic mass is 9.96. The molecule has 2 nitrogen and oxygen atoms in total. The average Bonchev–Trinajstić information content (AvgIpc) is 2.88. The van der Waals surface area contributed by atoms with Gasteiger partial charge in [-0.1, -0.05) is 84.4 Å². The number of fused-ring (bicyclic) bond motifs is 1. The van der Waals surface area contributed by atoms with Crippen LogP contribution in [0.1, 0.15) is 29.2 Å². The normalized spacial score (nSPS) is 17.5.